The highest BCUT2D eigenvalue weighted by Crippen LogP contribution is 2.33. The first-order valence-electron chi connectivity index (χ1n) is 4.70. The second kappa shape index (κ2) is 3.26. The maximum Gasteiger partial charge on any atom is 0.192 e. The summed E-state index contributed by atoms with van der Waals surface area (Å²) in [6.07, 6.45) is 0. The molecule has 0 aliphatic carbocycles. The van der Waals surface area contributed by atoms with E-state index in [1.165, 1.54) is 0 Å². The molecule has 1 saturated heterocycles. The first kappa shape index (κ1) is 9.49. The quantitative estimate of drug-likeness (QED) is 0.742. The molecular weight excluding hydrogens is 180 g/mol. The van der Waals surface area contributed by atoms with Crippen molar-refractivity contribution in [3.05, 3.63) is 29.3 Å². The lowest BCUT2D eigenvalue weighted by Gasteiger charge is -2.24. The molecule has 1 heterocycles. The Hall–Kier alpha value is -1.06. The Bertz CT molecular complexity index is 340. The van der Waals surface area contributed by atoms with Crippen LogP contribution in [-0.4, -0.2) is 18.3 Å². The van der Waals surface area contributed by atoms with Crippen LogP contribution in [0.2, 0.25) is 0 Å². The first-order valence-corrected chi connectivity index (χ1v) is 4.70. The highest BCUT2D eigenvalue weighted by molar-refractivity contribution is 5.36. The first-order chi connectivity index (χ1) is 6.62. The van der Waals surface area contributed by atoms with Gasteiger partial charge in [-0.3, -0.25) is 0 Å². The number of phenols is 1. The van der Waals surface area contributed by atoms with Gasteiger partial charge in [-0.05, 0) is 37.6 Å². The van der Waals surface area contributed by atoms with Crippen molar-refractivity contribution in [2.45, 2.75) is 19.6 Å². The minimum Gasteiger partial charge on any atom is -0.508 e. The molecule has 2 rings (SSSR count). The molecule has 0 atom stereocenters. The zero-order valence-corrected chi connectivity index (χ0v) is 8.41. The van der Waals surface area contributed by atoms with Crippen LogP contribution in [0.1, 0.15) is 18.1 Å². The number of hydrogen-bond donors (Lipinski definition) is 1. The summed E-state index contributed by atoms with van der Waals surface area (Å²) in [5, 5.41) is 9.28. The second-order valence-corrected chi connectivity index (χ2v) is 3.64. The summed E-state index contributed by atoms with van der Waals surface area (Å²) in [6.45, 7) is 5.08. The predicted octanol–water partition coefficient (Wildman–Crippen LogP) is 1.92. The molecule has 0 radical (unpaired) electrons. The molecule has 14 heavy (non-hydrogen) atoms. The summed E-state index contributed by atoms with van der Waals surface area (Å²) in [4.78, 5) is 0. The molecule has 76 valence electrons. The fourth-order valence-electron chi connectivity index (χ4n) is 1.83. The van der Waals surface area contributed by atoms with Crippen LogP contribution in [0.5, 0.6) is 5.75 Å². The van der Waals surface area contributed by atoms with Crippen LogP contribution >= 0.6 is 0 Å². The zero-order valence-electron chi connectivity index (χ0n) is 8.41. The molecule has 1 aliphatic heterocycles. The molecule has 1 fully saturated rings. The van der Waals surface area contributed by atoms with Gasteiger partial charge in [0.1, 0.15) is 5.75 Å². The average molecular weight is 194 g/mol. The van der Waals surface area contributed by atoms with Crippen LogP contribution in [0.4, 0.5) is 0 Å². The monoisotopic (exact) mass is 194 g/mol. The number of phenolic OH excluding ortho intramolecular Hbond substituents is 1. The SMILES string of the molecule is Cc1cc(O)ccc1C1(C)OCCO1. The van der Waals surface area contributed by atoms with E-state index < -0.39 is 5.79 Å². The highest BCUT2D eigenvalue weighted by Gasteiger charge is 2.34. The van der Waals surface area contributed by atoms with Crippen LogP contribution in [-0.2, 0) is 15.3 Å². The number of hydrogen-bond acceptors (Lipinski definition) is 3. The van der Waals surface area contributed by atoms with Crippen molar-refractivity contribution in [2.75, 3.05) is 13.2 Å². The lowest BCUT2D eigenvalue weighted by Crippen LogP contribution is -2.23. The molecule has 0 unspecified atom stereocenters. The molecule has 0 spiro atoms. The van der Waals surface area contributed by atoms with Gasteiger partial charge in [0.15, 0.2) is 5.79 Å². The normalized spacial score (nSPS) is 19.9. The third kappa shape index (κ3) is 1.49. The topological polar surface area (TPSA) is 38.7 Å². The maximum absolute atomic E-state index is 9.28. The number of aryl methyl sites for hydroxylation is 1. The van der Waals surface area contributed by atoms with Crippen LogP contribution in [0.15, 0.2) is 18.2 Å². The van der Waals surface area contributed by atoms with Gasteiger partial charge in [0.2, 0.25) is 0 Å². The lowest BCUT2D eigenvalue weighted by atomic mass is 10.0. The molecule has 0 amide bonds. The summed E-state index contributed by atoms with van der Waals surface area (Å²) < 4.78 is 11.1. The molecular formula is C11H14O3. The smallest absolute Gasteiger partial charge is 0.192 e. The predicted molar refractivity (Wildman–Crippen MR) is 52.1 cm³/mol. The Labute approximate surface area is 83.3 Å². The Balaban J connectivity index is 2.40. The lowest BCUT2D eigenvalue weighted by molar-refractivity contribution is -0.150. The molecule has 0 bridgehead atoms. The molecule has 0 aromatic heterocycles. The van der Waals surface area contributed by atoms with Gasteiger partial charge in [0.25, 0.3) is 0 Å². The van der Waals surface area contributed by atoms with Crippen molar-refractivity contribution in [1.29, 1.82) is 0 Å². The summed E-state index contributed by atoms with van der Waals surface area (Å²) in [7, 11) is 0. The minimum atomic E-state index is -0.641. The largest absolute Gasteiger partial charge is 0.508 e. The number of ether oxygens (including phenoxy) is 2. The van der Waals surface area contributed by atoms with Gasteiger partial charge in [0, 0.05) is 5.56 Å². The standard InChI is InChI=1S/C11H14O3/c1-8-7-9(12)3-4-10(8)11(2)13-5-6-14-11/h3-4,7,12H,5-6H2,1-2H3. The second-order valence-electron chi connectivity index (χ2n) is 3.64. The molecule has 1 aromatic rings. The molecule has 1 N–H and O–H groups in total. The Kier molecular flexibility index (Phi) is 2.21. The maximum atomic E-state index is 9.28. The average Bonchev–Trinajstić information content (AvgIpc) is 2.52. The Morgan fingerprint density at radius 1 is 1.29 bits per heavy atom. The van der Waals surface area contributed by atoms with E-state index in [1.54, 1.807) is 12.1 Å². The third-order valence-corrected chi connectivity index (χ3v) is 2.54. The van der Waals surface area contributed by atoms with Gasteiger partial charge in [-0.15, -0.1) is 0 Å². The fourth-order valence-corrected chi connectivity index (χ4v) is 1.83. The van der Waals surface area contributed by atoms with Crippen LogP contribution in [0.3, 0.4) is 0 Å². The molecule has 3 nitrogen and oxygen atoms in total. The summed E-state index contributed by atoms with van der Waals surface area (Å²) in [6, 6.07) is 5.21. The van der Waals surface area contributed by atoms with Gasteiger partial charge in [-0.25, -0.2) is 0 Å². The Morgan fingerprint density at radius 3 is 2.50 bits per heavy atom. The van der Waals surface area contributed by atoms with E-state index in [9.17, 15) is 5.11 Å². The molecule has 3 heteroatoms. The molecule has 1 aliphatic rings. The van der Waals surface area contributed by atoms with Crippen molar-refractivity contribution in [1.82, 2.24) is 0 Å². The highest BCUT2D eigenvalue weighted by atomic mass is 16.7. The van der Waals surface area contributed by atoms with Crippen molar-refractivity contribution in [3.8, 4) is 5.75 Å². The van der Waals surface area contributed by atoms with E-state index in [-0.39, 0.29) is 5.75 Å². The van der Waals surface area contributed by atoms with Gasteiger partial charge in [-0.1, -0.05) is 0 Å². The van der Waals surface area contributed by atoms with E-state index >= 15 is 0 Å². The van der Waals surface area contributed by atoms with E-state index in [1.807, 2.05) is 19.9 Å². The van der Waals surface area contributed by atoms with Gasteiger partial charge in [0.05, 0.1) is 13.2 Å². The fraction of sp³-hybridized carbons (Fsp3) is 0.455. The minimum absolute atomic E-state index is 0.271. The van der Waals surface area contributed by atoms with Crippen molar-refractivity contribution >= 4 is 0 Å². The third-order valence-electron chi connectivity index (χ3n) is 2.54. The summed E-state index contributed by atoms with van der Waals surface area (Å²) >= 11 is 0. The molecule has 0 saturated carbocycles. The number of benzene rings is 1. The summed E-state index contributed by atoms with van der Waals surface area (Å²) in [5.74, 6) is -0.370. The van der Waals surface area contributed by atoms with Gasteiger partial charge in [-0.2, -0.15) is 0 Å². The van der Waals surface area contributed by atoms with Crippen molar-refractivity contribution in [3.63, 3.8) is 0 Å². The van der Waals surface area contributed by atoms with Crippen LogP contribution in [0.25, 0.3) is 0 Å². The number of aromatic hydroxyl groups is 1. The van der Waals surface area contributed by atoms with E-state index in [0.29, 0.717) is 13.2 Å². The van der Waals surface area contributed by atoms with Crippen LogP contribution < -0.4 is 0 Å². The van der Waals surface area contributed by atoms with E-state index in [0.717, 1.165) is 11.1 Å². The van der Waals surface area contributed by atoms with E-state index in [2.05, 4.69) is 0 Å². The van der Waals surface area contributed by atoms with Gasteiger partial charge < -0.3 is 14.6 Å². The number of rotatable bonds is 1. The van der Waals surface area contributed by atoms with E-state index in [4.69, 9.17) is 9.47 Å². The van der Waals surface area contributed by atoms with Crippen LogP contribution in [0, 0.1) is 6.92 Å². The van der Waals surface area contributed by atoms with Crippen molar-refractivity contribution in [2.24, 2.45) is 0 Å². The van der Waals surface area contributed by atoms with Gasteiger partial charge >= 0.3 is 0 Å². The van der Waals surface area contributed by atoms with Crippen molar-refractivity contribution < 1.29 is 14.6 Å². The Morgan fingerprint density at radius 2 is 1.93 bits per heavy atom. The zero-order chi connectivity index (χ0) is 10.2. The summed E-state index contributed by atoms with van der Waals surface area (Å²) in [5.41, 5.74) is 1.96. The molecule has 1 aromatic carbocycles.